The lowest BCUT2D eigenvalue weighted by atomic mass is 9.85. The second-order valence-corrected chi connectivity index (χ2v) is 17.1. The molecule has 3 aromatic rings. The molecule has 0 bridgehead atoms. The number of halogens is 2. The van der Waals surface area contributed by atoms with Crippen LogP contribution in [0.4, 0.5) is 0 Å². The molecule has 1 aliphatic rings. The highest BCUT2D eigenvalue weighted by molar-refractivity contribution is 7.90. The minimum absolute atomic E-state index is 0.0779. The van der Waals surface area contributed by atoms with Crippen LogP contribution in [0.15, 0.2) is 66.8 Å². The molecule has 2 aromatic heterocycles. The minimum atomic E-state index is -1.34. The van der Waals surface area contributed by atoms with Crippen LogP contribution in [0.1, 0.15) is 82.8 Å². The van der Waals surface area contributed by atoms with E-state index < -0.39 is 26.4 Å². The fourth-order valence-corrected chi connectivity index (χ4v) is 6.81. The van der Waals surface area contributed by atoms with E-state index >= 15 is 0 Å². The Hall–Kier alpha value is -3.12. The van der Waals surface area contributed by atoms with Crippen molar-refractivity contribution in [3.63, 3.8) is 0 Å². The van der Waals surface area contributed by atoms with Crippen molar-refractivity contribution < 1.29 is 18.8 Å². The minimum Gasteiger partial charge on any atom is -0.598 e. The van der Waals surface area contributed by atoms with E-state index in [1.54, 1.807) is 14.2 Å². The molecule has 3 N–H and O–H groups in total. The number of rotatable bonds is 13. The van der Waals surface area contributed by atoms with Crippen molar-refractivity contribution in [1.29, 1.82) is 0 Å². The highest BCUT2D eigenvalue weighted by Gasteiger charge is 2.41. The van der Waals surface area contributed by atoms with Crippen LogP contribution >= 0.6 is 23.2 Å². The van der Waals surface area contributed by atoms with Gasteiger partial charge in [0.25, 0.3) is 0 Å². The van der Waals surface area contributed by atoms with E-state index in [-0.39, 0.29) is 17.5 Å². The number of methoxy groups -OCH3 is 2. The topological polar surface area (TPSA) is 120 Å². The Morgan fingerprint density at radius 1 is 1.02 bits per heavy atom. The molecule has 4 rings (SSSR count). The summed E-state index contributed by atoms with van der Waals surface area (Å²) >= 11 is 13.2. The van der Waals surface area contributed by atoms with Crippen LogP contribution in [-0.4, -0.2) is 55.8 Å². The van der Waals surface area contributed by atoms with Crippen LogP contribution in [0.25, 0.3) is 16.8 Å². The lowest BCUT2D eigenvalue weighted by Gasteiger charge is -2.33. The number of nitrogens with one attached hydrogen (secondary N) is 3. The number of alkyl halides is 2. The van der Waals surface area contributed by atoms with E-state index in [1.807, 2.05) is 108 Å². The first kappa shape index (κ1) is 38.7. The third kappa shape index (κ3) is 9.57. The summed E-state index contributed by atoms with van der Waals surface area (Å²) in [6.45, 7) is 14.2. The summed E-state index contributed by atoms with van der Waals surface area (Å²) in [5.41, 5.74) is 5.12. The Morgan fingerprint density at radius 3 is 2.37 bits per heavy atom. The average Bonchev–Trinajstić information content (AvgIpc) is 3.05. The monoisotopic (exact) mass is 727 g/mol. The Morgan fingerprint density at radius 2 is 1.71 bits per heavy atom. The van der Waals surface area contributed by atoms with Gasteiger partial charge in [0, 0.05) is 53.6 Å². The molecule has 12 heteroatoms. The van der Waals surface area contributed by atoms with Crippen molar-refractivity contribution in [3.8, 4) is 23.0 Å². The molecule has 264 valence electrons. The number of allylic oxidation sites excluding steroid dienone is 4. The zero-order valence-corrected chi connectivity index (χ0v) is 31.9. The van der Waals surface area contributed by atoms with Crippen molar-refractivity contribution in [2.45, 2.75) is 81.6 Å². The van der Waals surface area contributed by atoms with E-state index in [4.69, 9.17) is 42.6 Å². The fourth-order valence-electron chi connectivity index (χ4n) is 5.30. The van der Waals surface area contributed by atoms with Crippen molar-refractivity contribution in [1.82, 2.24) is 25.3 Å². The summed E-state index contributed by atoms with van der Waals surface area (Å²) in [6, 6.07) is 15.4. The van der Waals surface area contributed by atoms with Gasteiger partial charge in [0.15, 0.2) is 4.33 Å². The third-order valence-electron chi connectivity index (χ3n) is 8.18. The van der Waals surface area contributed by atoms with Gasteiger partial charge in [-0.1, -0.05) is 65.7 Å². The molecule has 2 unspecified atom stereocenters. The van der Waals surface area contributed by atoms with Crippen molar-refractivity contribution in [3.05, 3.63) is 89.1 Å². The Bertz CT molecular complexity index is 1710. The molecule has 0 saturated heterocycles. The molecule has 1 aliphatic carbocycles. The van der Waals surface area contributed by atoms with Gasteiger partial charge in [-0.05, 0) is 76.9 Å². The third-order valence-corrected chi connectivity index (χ3v) is 10.7. The van der Waals surface area contributed by atoms with Gasteiger partial charge in [0.05, 0.1) is 37.6 Å². The highest BCUT2D eigenvalue weighted by Crippen LogP contribution is 2.50. The number of ether oxygens (including phenoxy) is 2. The summed E-state index contributed by atoms with van der Waals surface area (Å²) in [7, 11) is 3.16. The van der Waals surface area contributed by atoms with Crippen molar-refractivity contribution in [2.75, 3.05) is 20.8 Å². The van der Waals surface area contributed by atoms with E-state index in [2.05, 4.69) is 15.4 Å². The summed E-state index contributed by atoms with van der Waals surface area (Å²) in [5, 5.41) is 6.31. The number of pyridine rings is 2. The molecule has 0 aliphatic heterocycles. The fraction of sp³-hybridized carbons (Fsp3) is 0.432. The van der Waals surface area contributed by atoms with Gasteiger partial charge in [-0.15, -0.1) is 4.72 Å². The standard InChI is InChI=1S/C37H47Cl2N5O4S/c1-23(44-49(46)35(3,4)5)28-17-19-31(42-34(28)48-9)26-13-10-12-25(20-26)29-14-11-15-30(37(29,38)39)32-18-16-27(33(43-32)47-8)21-41-36(6,7)22-40-24(2)45/h10-20,23,30,41,44H,21-22H2,1-9H3,(H,40,45)/t23?,30?,49-/m1/s1. The molecule has 0 spiro atoms. The van der Waals surface area contributed by atoms with Crippen molar-refractivity contribution >= 4 is 46.0 Å². The van der Waals surface area contributed by atoms with Gasteiger partial charge in [-0.3, -0.25) is 4.79 Å². The molecule has 1 amide bonds. The zero-order valence-electron chi connectivity index (χ0n) is 29.6. The normalized spacial score (nSPS) is 17.2. The molecule has 0 saturated carbocycles. The largest absolute Gasteiger partial charge is 0.598 e. The molecular formula is C37H47Cl2N5O4S. The molecule has 0 radical (unpaired) electrons. The Labute approximate surface area is 303 Å². The molecule has 0 fully saturated rings. The molecule has 2 heterocycles. The maximum Gasteiger partial charge on any atom is 0.218 e. The smallest absolute Gasteiger partial charge is 0.218 e. The number of nitrogens with zero attached hydrogens (tertiary/aromatic N) is 2. The van der Waals surface area contributed by atoms with E-state index in [0.717, 1.165) is 27.8 Å². The maximum absolute atomic E-state index is 12.7. The molecular weight excluding hydrogens is 681 g/mol. The number of carbonyl (C=O) groups is 1. The van der Waals surface area contributed by atoms with Crippen LogP contribution in [0, 0.1) is 0 Å². The first-order chi connectivity index (χ1) is 23.0. The SMILES string of the molecule is COc1nc(C2C=CC=C(c3cccc(-c4ccc(C(C)N[S@+]([O-])C(C)(C)C)c(OC)n4)c3)C2(Cl)Cl)ccc1CNC(C)(C)CNC(C)=O. The average molecular weight is 729 g/mol. The summed E-state index contributed by atoms with van der Waals surface area (Å²) in [4.78, 5) is 21.0. The maximum atomic E-state index is 12.7. The van der Waals surface area contributed by atoms with Gasteiger partial charge in [0.1, 0.15) is 4.75 Å². The Balaban J connectivity index is 1.57. The van der Waals surface area contributed by atoms with Gasteiger partial charge in [-0.2, -0.15) is 0 Å². The molecule has 3 atom stereocenters. The number of hydrogen-bond donors (Lipinski definition) is 3. The van der Waals surface area contributed by atoms with E-state index in [0.29, 0.717) is 36.2 Å². The van der Waals surface area contributed by atoms with Crippen LogP contribution in [0.3, 0.4) is 0 Å². The molecule has 49 heavy (non-hydrogen) atoms. The predicted octanol–water partition coefficient (Wildman–Crippen LogP) is 7.19. The van der Waals surface area contributed by atoms with Crippen LogP contribution in [-0.2, 0) is 22.7 Å². The highest BCUT2D eigenvalue weighted by atomic mass is 35.5. The van der Waals surface area contributed by atoms with Gasteiger partial charge < -0.3 is 24.7 Å². The van der Waals surface area contributed by atoms with Crippen LogP contribution < -0.4 is 24.8 Å². The quantitative estimate of drug-likeness (QED) is 0.125. The lowest BCUT2D eigenvalue weighted by molar-refractivity contribution is -0.119. The van der Waals surface area contributed by atoms with E-state index in [9.17, 15) is 9.35 Å². The molecule has 1 aromatic carbocycles. The second-order valence-electron chi connectivity index (χ2n) is 13.7. The number of carbonyl (C=O) groups excluding carboxylic acids is 1. The van der Waals surface area contributed by atoms with Gasteiger partial charge in [-0.25, -0.2) is 9.97 Å². The number of benzene rings is 1. The van der Waals surface area contributed by atoms with Gasteiger partial charge >= 0.3 is 0 Å². The summed E-state index contributed by atoms with van der Waals surface area (Å²) in [5.74, 6) is 0.379. The number of amides is 1. The summed E-state index contributed by atoms with van der Waals surface area (Å²) in [6.07, 6.45) is 5.80. The molecule has 9 nitrogen and oxygen atoms in total. The van der Waals surface area contributed by atoms with Crippen LogP contribution in [0.5, 0.6) is 11.8 Å². The number of hydrogen-bond acceptors (Lipinski definition) is 8. The van der Waals surface area contributed by atoms with Crippen LogP contribution in [0.2, 0.25) is 0 Å². The number of aromatic nitrogens is 2. The van der Waals surface area contributed by atoms with E-state index in [1.165, 1.54) is 6.92 Å². The first-order valence-corrected chi connectivity index (χ1v) is 18.0. The second kappa shape index (κ2) is 15.8. The first-order valence-electron chi connectivity index (χ1n) is 16.1. The predicted molar refractivity (Wildman–Crippen MR) is 200 cm³/mol. The zero-order chi connectivity index (χ0) is 36.1. The summed E-state index contributed by atoms with van der Waals surface area (Å²) < 4.78 is 25.5. The Kier molecular flexibility index (Phi) is 12.5. The lowest BCUT2D eigenvalue weighted by Crippen LogP contribution is -2.48. The van der Waals surface area contributed by atoms with Crippen molar-refractivity contribution in [2.24, 2.45) is 0 Å². The van der Waals surface area contributed by atoms with Gasteiger partial charge in [0.2, 0.25) is 17.7 Å².